The van der Waals surface area contributed by atoms with Crippen molar-refractivity contribution in [3.63, 3.8) is 0 Å². The molecule has 5 aromatic rings. The number of anilines is 1. The molecular formula is C39H39Cl2N5O4. The summed E-state index contributed by atoms with van der Waals surface area (Å²) >= 11 is 13.5. The molecule has 0 saturated heterocycles. The molecule has 1 unspecified atom stereocenters. The van der Waals surface area contributed by atoms with E-state index < -0.39 is 5.97 Å². The number of aromatic nitrogens is 4. The normalized spacial score (nSPS) is 17.9. The number of carboxylic acid groups (broad SMARTS) is 1. The minimum Gasteiger partial charge on any atom is -0.498 e. The Morgan fingerprint density at radius 3 is 2.50 bits per heavy atom. The summed E-state index contributed by atoms with van der Waals surface area (Å²) in [6.07, 6.45) is 4.06. The highest BCUT2D eigenvalue weighted by atomic mass is 35.5. The Labute approximate surface area is 300 Å². The van der Waals surface area contributed by atoms with Crippen LogP contribution in [0.3, 0.4) is 0 Å². The standard InChI is InChI=1S/C39H39Cl2N5O4/c1-20-17-25(18-21(2)35(20)41)50-16-8-10-27-28-12-14-30(40)34(33-23(4)43-44(6)24(33)5)36(28)46-22(3)19-45(38(47)37(27)46)32-15-13-26-29(39(48)49)9-7-11-31(26)42-32/h7,9,11-15,17,21-22H,8,10,16,18-19H2,1-6H3,(H,48,49)/t21?,22-/m1/s1. The first kappa shape index (κ1) is 33.9. The second-order valence-corrected chi connectivity index (χ2v) is 14.3. The highest BCUT2D eigenvalue weighted by molar-refractivity contribution is 6.35. The van der Waals surface area contributed by atoms with Gasteiger partial charge in [-0.25, -0.2) is 9.78 Å². The lowest BCUT2D eigenvalue weighted by atomic mass is 9.97. The molecule has 7 rings (SSSR count). The first-order valence-corrected chi connectivity index (χ1v) is 17.6. The monoisotopic (exact) mass is 711 g/mol. The van der Waals surface area contributed by atoms with Crippen LogP contribution >= 0.6 is 23.2 Å². The maximum Gasteiger partial charge on any atom is 0.336 e. The lowest BCUT2D eigenvalue weighted by Crippen LogP contribution is -2.43. The molecule has 1 aliphatic heterocycles. The van der Waals surface area contributed by atoms with Gasteiger partial charge in [0.05, 0.1) is 39.7 Å². The van der Waals surface area contributed by atoms with E-state index in [0.29, 0.717) is 53.4 Å². The molecule has 258 valence electrons. The number of fused-ring (bicyclic) bond motifs is 4. The quantitative estimate of drug-likeness (QED) is 0.161. The van der Waals surface area contributed by atoms with Crippen molar-refractivity contribution in [2.75, 3.05) is 18.1 Å². The zero-order valence-corrected chi connectivity index (χ0v) is 30.5. The summed E-state index contributed by atoms with van der Waals surface area (Å²) in [7, 11) is 1.92. The number of hydrogen-bond acceptors (Lipinski definition) is 5. The van der Waals surface area contributed by atoms with E-state index in [-0.39, 0.29) is 23.4 Å². The minimum atomic E-state index is -1.02. The second-order valence-electron chi connectivity index (χ2n) is 13.5. The summed E-state index contributed by atoms with van der Waals surface area (Å²) in [6.45, 7) is 11.1. The number of carboxylic acids is 1. The van der Waals surface area contributed by atoms with Crippen LogP contribution in [0.15, 0.2) is 64.9 Å². The van der Waals surface area contributed by atoms with Gasteiger partial charge in [-0.15, -0.1) is 0 Å². The maximum absolute atomic E-state index is 14.8. The van der Waals surface area contributed by atoms with Gasteiger partial charge < -0.3 is 14.4 Å². The van der Waals surface area contributed by atoms with Crippen LogP contribution in [0.1, 0.15) is 77.5 Å². The van der Waals surface area contributed by atoms with Crippen LogP contribution in [-0.2, 0) is 18.2 Å². The number of nitrogens with zero attached hydrogens (tertiary/aromatic N) is 5. The number of halogens is 2. The van der Waals surface area contributed by atoms with E-state index in [2.05, 4.69) is 18.4 Å². The topological polar surface area (TPSA) is 102 Å². The Balaban J connectivity index is 1.34. The lowest BCUT2D eigenvalue weighted by Gasteiger charge is -2.33. The van der Waals surface area contributed by atoms with E-state index in [1.54, 1.807) is 35.2 Å². The number of aryl methyl sites for hydroxylation is 3. The predicted octanol–water partition coefficient (Wildman–Crippen LogP) is 9.17. The van der Waals surface area contributed by atoms with E-state index in [1.165, 1.54) is 0 Å². The number of aromatic carboxylic acids is 1. The van der Waals surface area contributed by atoms with E-state index >= 15 is 0 Å². The molecular weight excluding hydrogens is 673 g/mol. The van der Waals surface area contributed by atoms with Crippen molar-refractivity contribution in [3.05, 3.63) is 98.1 Å². The minimum absolute atomic E-state index is 0.138. The smallest absolute Gasteiger partial charge is 0.336 e. The van der Waals surface area contributed by atoms with Crippen molar-refractivity contribution in [1.82, 2.24) is 19.3 Å². The van der Waals surface area contributed by atoms with Crippen LogP contribution in [0.5, 0.6) is 0 Å². The molecule has 50 heavy (non-hydrogen) atoms. The van der Waals surface area contributed by atoms with Gasteiger partial charge in [0.15, 0.2) is 0 Å². The van der Waals surface area contributed by atoms with Crippen LogP contribution in [-0.4, -0.2) is 49.5 Å². The van der Waals surface area contributed by atoms with Gasteiger partial charge in [-0.05, 0) is 94.0 Å². The molecule has 2 aliphatic rings. The molecule has 1 N–H and O–H groups in total. The summed E-state index contributed by atoms with van der Waals surface area (Å²) in [5.74, 6) is 0.414. The third kappa shape index (κ3) is 5.57. The number of carbonyl (C=O) groups is 2. The van der Waals surface area contributed by atoms with Crippen LogP contribution in [0.2, 0.25) is 5.02 Å². The van der Waals surface area contributed by atoms with Gasteiger partial charge in [-0.1, -0.05) is 42.3 Å². The van der Waals surface area contributed by atoms with Crippen LogP contribution < -0.4 is 4.90 Å². The summed E-state index contributed by atoms with van der Waals surface area (Å²) < 4.78 is 10.3. The average Bonchev–Trinajstić information content (AvgIpc) is 3.55. The molecule has 9 nitrogen and oxygen atoms in total. The second kappa shape index (κ2) is 12.9. The summed E-state index contributed by atoms with van der Waals surface area (Å²) in [6, 6.07) is 12.3. The number of carbonyl (C=O) groups excluding carboxylic acids is 1. The molecule has 1 aliphatic carbocycles. The largest absolute Gasteiger partial charge is 0.498 e. The fraction of sp³-hybridized carbons (Fsp3) is 0.333. The fourth-order valence-corrected chi connectivity index (χ4v) is 8.06. The molecule has 1 amide bonds. The number of allylic oxidation sites excluding steroid dienone is 4. The summed E-state index contributed by atoms with van der Waals surface area (Å²) in [5, 5.41) is 17.4. The maximum atomic E-state index is 14.8. The SMILES string of the molecule is CC1=C(Cl)C(C)CC(OCCCc2c3n(c4c(-c5c(C)nn(C)c5C)c(Cl)ccc24)[C@H](C)CN(c2ccc4c(C(=O)O)cccc4n2)C3=O)=C1. The number of benzene rings is 2. The molecule has 0 radical (unpaired) electrons. The highest BCUT2D eigenvalue weighted by Crippen LogP contribution is 2.45. The van der Waals surface area contributed by atoms with Gasteiger partial charge in [0.2, 0.25) is 0 Å². The number of ether oxygens (including phenoxy) is 1. The van der Waals surface area contributed by atoms with Crippen molar-refractivity contribution in [3.8, 4) is 11.1 Å². The summed E-state index contributed by atoms with van der Waals surface area (Å²) in [4.78, 5) is 33.1. The number of rotatable bonds is 8. The number of amides is 1. The zero-order chi connectivity index (χ0) is 35.6. The van der Waals surface area contributed by atoms with E-state index in [1.807, 2.05) is 50.7 Å². The summed E-state index contributed by atoms with van der Waals surface area (Å²) in [5.41, 5.74) is 7.84. The molecule has 2 atom stereocenters. The fourth-order valence-electron chi connectivity index (χ4n) is 7.68. The van der Waals surface area contributed by atoms with Crippen LogP contribution in [0.25, 0.3) is 32.9 Å². The highest BCUT2D eigenvalue weighted by Gasteiger charge is 2.37. The molecule has 0 bridgehead atoms. The third-order valence-corrected chi connectivity index (χ3v) is 11.1. The predicted molar refractivity (Wildman–Crippen MR) is 198 cm³/mol. The molecule has 2 aromatic carbocycles. The van der Waals surface area contributed by atoms with Gasteiger partial charge in [-0.3, -0.25) is 14.4 Å². The van der Waals surface area contributed by atoms with E-state index in [0.717, 1.165) is 61.8 Å². The van der Waals surface area contributed by atoms with Crippen molar-refractivity contribution in [1.29, 1.82) is 0 Å². The first-order valence-electron chi connectivity index (χ1n) is 16.9. The molecule has 11 heteroatoms. The van der Waals surface area contributed by atoms with Crippen molar-refractivity contribution < 1.29 is 19.4 Å². The number of pyridine rings is 1. The van der Waals surface area contributed by atoms with Gasteiger partial charge in [0.25, 0.3) is 5.91 Å². The van der Waals surface area contributed by atoms with Crippen molar-refractivity contribution in [2.45, 2.75) is 59.9 Å². The lowest BCUT2D eigenvalue weighted by molar-refractivity contribution is 0.0698. The van der Waals surface area contributed by atoms with Gasteiger partial charge in [0.1, 0.15) is 11.5 Å². The average molecular weight is 713 g/mol. The van der Waals surface area contributed by atoms with Crippen LogP contribution in [0.4, 0.5) is 5.82 Å². The Morgan fingerprint density at radius 2 is 1.80 bits per heavy atom. The third-order valence-electron chi connectivity index (χ3n) is 10.1. The van der Waals surface area contributed by atoms with Crippen LogP contribution in [0, 0.1) is 19.8 Å². The van der Waals surface area contributed by atoms with Gasteiger partial charge in [0, 0.05) is 58.7 Å². The van der Waals surface area contributed by atoms with Crippen molar-refractivity contribution in [2.24, 2.45) is 13.0 Å². The Morgan fingerprint density at radius 1 is 1.04 bits per heavy atom. The molecule has 4 heterocycles. The first-order chi connectivity index (χ1) is 23.9. The zero-order valence-electron chi connectivity index (χ0n) is 29.0. The Kier molecular flexibility index (Phi) is 8.77. The molecule has 0 fully saturated rings. The van der Waals surface area contributed by atoms with Gasteiger partial charge in [-0.2, -0.15) is 5.10 Å². The molecule has 0 saturated carbocycles. The van der Waals surface area contributed by atoms with Gasteiger partial charge >= 0.3 is 5.97 Å². The molecule has 0 spiro atoms. The Hall–Kier alpha value is -4.60. The van der Waals surface area contributed by atoms with E-state index in [9.17, 15) is 14.7 Å². The van der Waals surface area contributed by atoms with E-state index in [4.69, 9.17) is 38.0 Å². The number of hydrogen-bond donors (Lipinski definition) is 1. The van der Waals surface area contributed by atoms with Crippen molar-refractivity contribution >= 4 is 62.7 Å². The Bertz CT molecular complexity index is 2300. The molecule has 3 aromatic heterocycles.